The number of carbonyl (C=O) groups excluding carboxylic acids is 1. The first-order valence-corrected chi connectivity index (χ1v) is 8.23. The van der Waals surface area contributed by atoms with Crippen molar-refractivity contribution in [3.8, 4) is 16.9 Å². The first-order valence-electron chi connectivity index (χ1n) is 7.08. The molecule has 24 heavy (non-hydrogen) atoms. The SMILES string of the molecule is COc1ccncc1-c1ccc2c(cnn2C2=CC(=O)NS2=O)c1. The minimum Gasteiger partial charge on any atom is -0.496 e. The van der Waals surface area contributed by atoms with Crippen molar-refractivity contribution in [3.63, 3.8) is 0 Å². The number of pyridine rings is 1. The monoisotopic (exact) mass is 340 g/mol. The number of aromatic nitrogens is 3. The smallest absolute Gasteiger partial charge is 0.258 e. The maximum absolute atomic E-state index is 11.9. The largest absolute Gasteiger partial charge is 0.496 e. The molecule has 3 heterocycles. The van der Waals surface area contributed by atoms with Gasteiger partial charge in [-0.05, 0) is 23.8 Å². The first-order chi connectivity index (χ1) is 11.7. The van der Waals surface area contributed by atoms with Crippen molar-refractivity contribution in [1.29, 1.82) is 0 Å². The molecule has 0 bridgehead atoms. The van der Waals surface area contributed by atoms with Crippen molar-refractivity contribution in [3.05, 3.63) is 48.9 Å². The van der Waals surface area contributed by atoms with Crippen LogP contribution in [0.2, 0.25) is 0 Å². The molecule has 0 fully saturated rings. The van der Waals surface area contributed by atoms with Gasteiger partial charge in [0.15, 0.2) is 16.0 Å². The van der Waals surface area contributed by atoms with Gasteiger partial charge in [-0.15, -0.1) is 0 Å². The predicted molar refractivity (Wildman–Crippen MR) is 90.1 cm³/mol. The molecule has 0 saturated heterocycles. The number of methoxy groups -OCH3 is 1. The van der Waals surface area contributed by atoms with Gasteiger partial charge < -0.3 is 4.74 Å². The number of hydrogen-bond acceptors (Lipinski definition) is 5. The Labute approximate surface area is 139 Å². The third-order valence-corrected chi connectivity index (χ3v) is 4.78. The highest BCUT2D eigenvalue weighted by atomic mass is 32.2. The van der Waals surface area contributed by atoms with Gasteiger partial charge >= 0.3 is 0 Å². The molecule has 1 atom stereocenters. The van der Waals surface area contributed by atoms with Gasteiger partial charge in [-0.25, -0.2) is 8.89 Å². The van der Waals surface area contributed by atoms with Crippen LogP contribution < -0.4 is 9.46 Å². The van der Waals surface area contributed by atoms with Gasteiger partial charge in [0.2, 0.25) is 0 Å². The van der Waals surface area contributed by atoms with Gasteiger partial charge in [-0.3, -0.25) is 14.5 Å². The second kappa shape index (κ2) is 5.57. The lowest BCUT2D eigenvalue weighted by Gasteiger charge is -2.08. The molecule has 0 radical (unpaired) electrons. The van der Waals surface area contributed by atoms with E-state index < -0.39 is 11.0 Å². The third-order valence-electron chi connectivity index (χ3n) is 3.73. The van der Waals surface area contributed by atoms with Crippen LogP contribution in [0.5, 0.6) is 5.75 Å². The van der Waals surface area contributed by atoms with Crippen molar-refractivity contribution >= 4 is 32.8 Å². The van der Waals surface area contributed by atoms with Crippen molar-refractivity contribution in [1.82, 2.24) is 19.5 Å². The zero-order valence-corrected chi connectivity index (χ0v) is 13.4. The van der Waals surface area contributed by atoms with E-state index in [9.17, 15) is 9.00 Å². The molecule has 0 aliphatic carbocycles. The molecule has 8 heteroatoms. The summed E-state index contributed by atoms with van der Waals surface area (Å²) < 4.78 is 21.1. The maximum Gasteiger partial charge on any atom is 0.258 e. The number of amides is 1. The molecule has 1 amide bonds. The Bertz CT molecular complexity index is 1030. The van der Waals surface area contributed by atoms with E-state index in [2.05, 4.69) is 14.8 Å². The number of ether oxygens (including phenoxy) is 1. The van der Waals surface area contributed by atoms with E-state index >= 15 is 0 Å². The Morgan fingerprint density at radius 3 is 2.88 bits per heavy atom. The molecule has 1 N–H and O–H groups in total. The molecule has 0 saturated carbocycles. The van der Waals surface area contributed by atoms with E-state index in [0.29, 0.717) is 5.03 Å². The van der Waals surface area contributed by atoms with E-state index in [0.717, 1.165) is 27.8 Å². The van der Waals surface area contributed by atoms with Crippen LogP contribution in [0.25, 0.3) is 27.1 Å². The van der Waals surface area contributed by atoms with Crippen LogP contribution in [0, 0.1) is 0 Å². The van der Waals surface area contributed by atoms with E-state index in [-0.39, 0.29) is 5.91 Å². The lowest BCUT2D eigenvalue weighted by molar-refractivity contribution is -0.114. The number of rotatable bonds is 3. The minimum absolute atomic E-state index is 0.321. The highest BCUT2D eigenvalue weighted by molar-refractivity contribution is 7.93. The molecule has 4 rings (SSSR count). The summed E-state index contributed by atoms with van der Waals surface area (Å²) in [4.78, 5) is 15.5. The van der Waals surface area contributed by atoms with E-state index in [4.69, 9.17) is 4.74 Å². The van der Waals surface area contributed by atoms with E-state index in [1.165, 1.54) is 10.8 Å². The molecule has 1 unspecified atom stereocenters. The van der Waals surface area contributed by atoms with Crippen molar-refractivity contribution in [2.45, 2.75) is 0 Å². The minimum atomic E-state index is -1.59. The summed E-state index contributed by atoms with van der Waals surface area (Å²) in [5.74, 6) is 0.342. The van der Waals surface area contributed by atoms with Crippen LogP contribution in [0.4, 0.5) is 0 Å². The van der Waals surface area contributed by atoms with Gasteiger partial charge in [0.1, 0.15) is 5.75 Å². The normalized spacial score (nSPS) is 17.0. The summed E-state index contributed by atoms with van der Waals surface area (Å²) in [5, 5.41) is 5.43. The maximum atomic E-state index is 11.9. The van der Waals surface area contributed by atoms with Crippen LogP contribution in [0.1, 0.15) is 0 Å². The number of carbonyl (C=O) groups is 1. The zero-order chi connectivity index (χ0) is 16.7. The fraction of sp³-hybridized carbons (Fsp3) is 0.0625. The predicted octanol–water partition coefficient (Wildman–Crippen LogP) is 1.70. The molecule has 1 aliphatic heterocycles. The number of nitrogens with zero attached hydrogens (tertiary/aromatic N) is 3. The van der Waals surface area contributed by atoms with Crippen molar-refractivity contribution in [2.75, 3.05) is 7.11 Å². The molecule has 3 aromatic rings. The quantitative estimate of drug-likeness (QED) is 0.784. The Hall–Kier alpha value is -3.00. The second-order valence-electron chi connectivity index (χ2n) is 5.12. The van der Waals surface area contributed by atoms with Crippen molar-refractivity contribution in [2.24, 2.45) is 0 Å². The van der Waals surface area contributed by atoms with Crippen LogP contribution in [0.15, 0.2) is 48.9 Å². The highest BCUT2D eigenvalue weighted by Gasteiger charge is 2.23. The molecule has 2 aromatic heterocycles. The lowest BCUT2D eigenvalue weighted by Crippen LogP contribution is -2.17. The number of fused-ring (bicyclic) bond motifs is 1. The molecular formula is C16H12N4O3S. The molecule has 1 aliphatic rings. The topological polar surface area (TPSA) is 86.1 Å². The fourth-order valence-electron chi connectivity index (χ4n) is 2.63. The zero-order valence-electron chi connectivity index (χ0n) is 12.6. The van der Waals surface area contributed by atoms with Crippen molar-refractivity contribution < 1.29 is 13.7 Å². The Morgan fingerprint density at radius 1 is 1.25 bits per heavy atom. The standard InChI is InChI=1S/C16H12N4O3S/c1-23-14-4-5-17-9-12(14)10-2-3-13-11(6-10)8-18-20(13)16-7-15(21)19-24(16)22/h2-9H,1H3,(H,19,21). The summed E-state index contributed by atoms with van der Waals surface area (Å²) in [6, 6.07) is 7.53. The molecule has 7 nitrogen and oxygen atoms in total. The summed E-state index contributed by atoms with van der Waals surface area (Å²) >= 11 is 0. The fourth-order valence-corrected chi connectivity index (χ4v) is 3.49. The highest BCUT2D eigenvalue weighted by Crippen LogP contribution is 2.31. The van der Waals surface area contributed by atoms with Crippen LogP contribution in [0.3, 0.4) is 0 Å². The Kier molecular flexibility index (Phi) is 3.39. The summed E-state index contributed by atoms with van der Waals surface area (Å²) in [7, 11) is 0.0219. The number of benzene rings is 1. The van der Waals surface area contributed by atoms with Gasteiger partial charge in [0, 0.05) is 29.4 Å². The number of hydrogen-bond donors (Lipinski definition) is 1. The van der Waals surface area contributed by atoms with Crippen LogP contribution in [-0.4, -0.2) is 32.0 Å². The van der Waals surface area contributed by atoms with E-state index in [1.807, 2.05) is 18.2 Å². The number of nitrogens with one attached hydrogen (secondary N) is 1. The second-order valence-corrected chi connectivity index (χ2v) is 6.28. The Balaban J connectivity index is 1.83. The molecule has 0 spiro atoms. The molecule has 120 valence electrons. The lowest BCUT2D eigenvalue weighted by atomic mass is 10.1. The summed E-state index contributed by atoms with van der Waals surface area (Å²) in [6.45, 7) is 0. The molecule has 1 aromatic carbocycles. The molecular weight excluding hydrogens is 328 g/mol. The third kappa shape index (κ3) is 2.28. The van der Waals surface area contributed by atoms with Crippen LogP contribution >= 0.6 is 0 Å². The van der Waals surface area contributed by atoms with Gasteiger partial charge in [-0.2, -0.15) is 5.10 Å². The van der Waals surface area contributed by atoms with Crippen LogP contribution in [-0.2, 0) is 15.8 Å². The summed E-state index contributed by atoms with van der Waals surface area (Å²) in [6.07, 6.45) is 6.37. The van der Waals surface area contributed by atoms with Gasteiger partial charge in [0.25, 0.3) is 5.91 Å². The average Bonchev–Trinajstić information content (AvgIpc) is 3.16. The average molecular weight is 340 g/mol. The summed E-state index contributed by atoms with van der Waals surface area (Å²) in [5.41, 5.74) is 2.57. The first kappa shape index (κ1) is 14.6. The Morgan fingerprint density at radius 2 is 2.12 bits per heavy atom. The van der Waals surface area contributed by atoms with Gasteiger partial charge in [0.05, 0.1) is 18.8 Å². The van der Waals surface area contributed by atoms with Gasteiger partial charge in [-0.1, -0.05) is 6.07 Å². The van der Waals surface area contributed by atoms with E-state index in [1.54, 1.807) is 31.8 Å².